The molecule has 0 bridgehead atoms. The third kappa shape index (κ3) is 3.77. The van der Waals surface area contributed by atoms with Crippen LogP contribution in [0.15, 0.2) is 29.2 Å². The second kappa shape index (κ2) is 5.66. The first-order valence-corrected chi connectivity index (χ1v) is 7.12. The molecular weight excluding hydrogens is 248 g/mol. The SMILES string of the molecule is CC(O)CCCS(=O)(=O)c1ccccc1Cl. The van der Waals surface area contributed by atoms with E-state index in [2.05, 4.69) is 0 Å². The molecule has 0 saturated carbocycles. The van der Waals surface area contributed by atoms with Crippen molar-refractivity contribution in [1.29, 1.82) is 0 Å². The standard InChI is InChI=1S/C11H15ClO3S/c1-9(13)5-4-8-16(14,15)11-7-3-2-6-10(11)12/h2-3,6-7,9,13H,4-5,8H2,1H3. The molecular formula is C11H15ClO3S. The lowest BCUT2D eigenvalue weighted by molar-refractivity contribution is 0.184. The highest BCUT2D eigenvalue weighted by Gasteiger charge is 2.17. The quantitative estimate of drug-likeness (QED) is 0.886. The molecule has 0 radical (unpaired) electrons. The van der Waals surface area contributed by atoms with Gasteiger partial charge in [0.2, 0.25) is 0 Å². The van der Waals surface area contributed by atoms with E-state index in [4.69, 9.17) is 16.7 Å². The van der Waals surface area contributed by atoms with Gasteiger partial charge in [0.15, 0.2) is 9.84 Å². The zero-order valence-corrected chi connectivity index (χ0v) is 10.6. The second-order valence-corrected chi connectivity index (χ2v) is 6.23. The van der Waals surface area contributed by atoms with Gasteiger partial charge in [-0.15, -0.1) is 0 Å². The molecule has 1 atom stereocenters. The van der Waals surface area contributed by atoms with Gasteiger partial charge in [-0.1, -0.05) is 23.7 Å². The minimum atomic E-state index is -3.33. The smallest absolute Gasteiger partial charge is 0.179 e. The molecule has 0 amide bonds. The second-order valence-electron chi connectivity index (χ2n) is 3.74. The van der Waals surface area contributed by atoms with Crippen LogP contribution in [0, 0.1) is 0 Å². The molecule has 0 heterocycles. The maximum Gasteiger partial charge on any atom is 0.179 e. The van der Waals surface area contributed by atoms with Crippen molar-refractivity contribution >= 4 is 21.4 Å². The molecule has 1 unspecified atom stereocenters. The third-order valence-electron chi connectivity index (χ3n) is 2.21. The Bertz CT molecular complexity index is 440. The highest BCUT2D eigenvalue weighted by Crippen LogP contribution is 2.22. The van der Waals surface area contributed by atoms with Gasteiger partial charge in [0.1, 0.15) is 0 Å². The lowest BCUT2D eigenvalue weighted by atomic mass is 10.2. The highest BCUT2D eigenvalue weighted by atomic mass is 35.5. The topological polar surface area (TPSA) is 54.4 Å². The number of rotatable bonds is 5. The number of sulfone groups is 1. The van der Waals surface area contributed by atoms with E-state index < -0.39 is 15.9 Å². The molecule has 5 heteroatoms. The van der Waals surface area contributed by atoms with Crippen LogP contribution in [0.25, 0.3) is 0 Å². The lowest BCUT2D eigenvalue weighted by Gasteiger charge is -2.07. The van der Waals surface area contributed by atoms with Gasteiger partial charge in [-0.05, 0) is 31.9 Å². The molecule has 0 fully saturated rings. The van der Waals surface area contributed by atoms with Crippen molar-refractivity contribution in [2.24, 2.45) is 0 Å². The Kier molecular flexibility index (Phi) is 4.77. The molecule has 1 aromatic rings. The van der Waals surface area contributed by atoms with Crippen molar-refractivity contribution in [3.8, 4) is 0 Å². The predicted octanol–water partition coefficient (Wildman–Crippen LogP) is 2.27. The maximum atomic E-state index is 11.9. The van der Waals surface area contributed by atoms with Crippen LogP contribution in [-0.2, 0) is 9.84 Å². The summed E-state index contributed by atoms with van der Waals surface area (Å²) in [6.45, 7) is 1.64. The molecule has 0 aromatic heterocycles. The van der Waals surface area contributed by atoms with Crippen LogP contribution in [-0.4, -0.2) is 25.4 Å². The summed E-state index contributed by atoms with van der Waals surface area (Å²) < 4.78 is 23.7. The van der Waals surface area contributed by atoms with E-state index >= 15 is 0 Å². The van der Waals surface area contributed by atoms with Crippen LogP contribution in [0.1, 0.15) is 19.8 Å². The molecule has 0 aliphatic rings. The van der Waals surface area contributed by atoms with E-state index in [0.29, 0.717) is 12.8 Å². The number of hydrogen-bond donors (Lipinski definition) is 1. The van der Waals surface area contributed by atoms with Crippen LogP contribution in [0.5, 0.6) is 0 Å². The van der Waals surface area contributed by atoms with Crippen LogP contribution < -0.4 is 0 Å². The lowest BCUT2D eigenvalue weighted by Crippen LogP contribution is -2.10. The number of aliphatic hydroxyl groups excluding tert-OH is 1. The number of benzene rings is 1. The summed E-state index contributed by atoms with van der Waals surface area (Å²) in [5, 5.41) is 9.30. The number of hydrogen-bond acceptors (Lipinski definition) is 3. The van der Waals surface area contributed by atoms with E-state index in [0.717, 1.165) is 0 Å². The Morgan fingerprint density at radius 3 is 2.56 bits per heavy atom. The molecule has 0 spiro atoms. The van der Waals surface area contributed by atoms with E-state index in [-0.39, 0.29) is 15.7 Å². The Morgan fingerprint density at radius 2 is 2.00 bits per heavy atom. The van der Waals surface area contributed by atoms with Crippen molar-refractivity contribution in [3.63, 3.8) is 0 Å². The zero-order chi connectivity index (χ0) is 12.2. The summed E-state index contributed by atoms with van der Waals surface area (Å²) in [5.41, 5.74) is 0. The molecule has 1 aromatic carbocycles. The summed E-state index contributed by atoms with van der Waals surface area (Å²) in [6, 6.07) is 6.40. The van der Waals surface area contributed by atoms with E-state index in [1.165, 1.54) is 6.07 Å². The predicted molar refractivity (Wildman–Crippen MR) is 64.4 cm³/mol. The van der Waals surface area contributed by atoms with Crippen LogP contribution in [0.2, 0.25) is 5.02 Å². The van der Waals surface area contributed by atoms with Crippen LogP contribution in [0.4, 0.5) is 0 Å². The largest absolute Gasteiger partial charge is 0.393 e. The van der Waals surface area contributed by atoms with Crippen LogP contribution in [0.3, 0.4) is 0 Å². The summed E-state index contributed by atoms with van der Waals surface area (Å²) in [7, 11) is -3.33. The van der Waals surface area contributed by atoms with Gasteiger partial charge >= 0.3 is 0 Å². The molecule has 3 nitrogen and oxygen atoms in total. The fraction of sp³-hybridized carbons (Fsp3) is 0.455. The number of halogens is 1. The maximum absolute atomic E-state index is 11.9. The van der Waals surface area contributed by atoms with Gasteiger partial charge < -0.3 is 5.11 Å². The van der Waals surface area contributed by atoms with Gasteiger partial charge in [-0.2, -0.15) is 0 Å². The fourth-order valence-corrected chi connectivity index (χ4v) is 3.28. The summed E-state index contributed by atoms with van der Waals surface area (Å²) >= 11 is 5.82. The van der Waals surface area contributed by atoms with E-state index in [9.17, 15) is 8.42 Å². The molecule has 0 saturated heterocycles. The zero-order valence-electron chi connectivity index (χ0n) is 9.06. The summed E-state index contributed by atoms with van der Waals surface area (Å²) in [6.07, 6.45) is 0.441. The fourth-order valence-electron chi connectivity index (χ4n) is 1.38. The summed E-state index contributed by atoms with van der Waals surface area (Å²) in [4.78, 5) is 0.169. The van der Waals surface area contributed by atoms with Gasteiger partial charge in [0.05, 0.1) is 21.8 Å². The average molecular weight is 263 g/mol. The van der Waals surface area contributed by atoms with Crippen molar-refractivity contribution in [3.05, 3.63) is 29.3 Å². The minimum absolute atomic E-state index is 0.0155. The highest BCUT2D eigenvalue weighted by molar-refractivity contribution is 7.91. The van der Waals surface area contributed by atoms with Gasteiger partial charge in [0, 0.05) is 0 Å². The molecule has 1 N–H and O–H groups in total. The molecule has 0 aliphatic carbocycles. The minimum Gasteiger partial charge on any atom is -0.393 e. The molecule has 1 rings (SSSR count). The van der Waals surface area contributed by atoms with Crippen molar-refractivity contribution in [2.45, 2.75) is 30.8 Å². The first-order chi connectivity index (χ1) is 7.43. The van der Waals surface area contributed by atoms with Crippen molar-refractivity contribution in [1.82, 2.24) is 0 Å². The molecule has 0 aliphatic heterocycles. The Morgan fingerprint density at radius 1 is 1.38 bits per heavy atom. The van der Waals surface area contributed by atoms with Crippen LogP contribution >= 0.6 is 11.6 Å². The number of aliphatic hydroxyl groups is 1. The third-order valence-corrected chi connectivity index (χ3v) is 4.50. The monoisotopic (exact) mass is 262 g/mol. The first-order valence-electron chi connectivity index (χ1n) is 5.09. The van der Waals surface area contributed by atoms with E-state index in [1.54, 1.807) is 25.1 Å². The molecule has 16 heavy (non-hydrogen) atoms. The normalized spacial score (nSPS) is 13.7. The first kappa shape index (κ1) is 13.5. The molecule has 90 valence electrons. The van der Waals surface area contributed by atoms with Crippen molar-refractivity contribution in [2.75, 3.05) is 5.75 Å². The van der Waals surface area contributed by atoms with Gasteiger partial charge in [-0.25, -0.2) is 8.42 Å². The van der Waals surface area contributed by atoms with Gasteiger partial charge in [0.25, 0.3) is 0 Å². The Labute approximate surface area is 101 Å². The summed E-state index contributed by atoms with van der Waals surface area (Å²) in [5.74, 6) is 0.0155. The average Bonchev–Trinajstić information content (AvgIpc) is 2.17. The Balaban J connectivity index is 2.75. The van der Waals surface area contributed by atoms with Crippen molar-refractivity contribution < 1.29 is 13.5 Å². The van der Waals surface area contributed by atoms with E-state index in [1.807, 2.05) is 0 Å². The Hall–Kier alpha value is -0.580. The van der Waals surface area contributed by atoms with Gasteiger partial charge in [-0.3, -0.25) is 0 Å².